The van der Waals surface area contributed by atoms with Crippen molar-refractivity contribution in [2.24, 2.45) is 0 Å². The zero-order valence-electron chi connectivity index (χ0n) is 16.2. The molecule has 2 aromatic carbocycles. The fourth-order valence-electron chi connectivity index (χ4n) is 2.77. The molecular formula is C20H25FN2O4S. The van der Waals surface area contributed by atoms with Crippen LogP contribution in [0.4, 0.5) is 10.1 Å². The van der Waals surface area contributed by atoms with E-state index in [2.05, 4.69) is 5.32 Å². The molecule has 0 saturated carbocycles. The zero-order chi connectivity index (χ0) is 20.7. The first-order valence-electron chi connectivity index (χ1n) is 8.87. The van der Waals surface area contributed by atoms with Gasteiger partial charge in [0.25, 0.3) is 0 Å². The molecule has 0 aliphatic rings. The second-order valence-electron chi connectivity index (χ2n) is 6.48. The Morgan fingerprint density at radius 3 is 2.29 bits per heavy atom. The lowest BCUT2D eigenvalue weighted by atomic mass is 10.1. The molecule has 0 aliphatic heterocycles. The SMILES string of the molecule is COc1ccc(N(CCCC(=O)N[C@@H](C)c2ccc(F)cc2)S(C)(=O)=O)cc1. The van der Waals surface area contributed by atoms with Crippen molar-refractivity contribution in [2.45, 2.75) is 25.8 Å². The van der Waals surface area contributed by atoms with Crippen molar-refractivity contribution < 1.29 is 22.3 Å². The number of nitrogens with one attached hydrogen (secondary N) is 1. The van der Waals surface area contributed by atoms with E-state index < -0.39 is 10.0 Å². The van der Waals surface area contributed by atoms with Gasteiger partial charge >= 0.3 is 0 Å². The van der Waals surface area contributed by atoms with E-state index in [-0.39, 0.29) is 30.7 Å². The summed E-state index contributed by atoms with van der Waals surface area (Å²) in [5.74, 6) is 0.105. The van der Waals surface area contributed by atoms with Crippen molar-refractivity contribution >= 4 is 21.6 Å². The third kappa shape index (κ3) is 6.23. The highest BCUT2D eigenvalue weighted by Crippen LogP contribution is 2.22. The number of benzene rings is 2. The zero-order valence-corrected chi connectivity index (χ0v) is 17.0. The predicted octanol–water partition coefficient (Wildman–Crippen LogP) is 3.26. The number of nitrogens with zero attached hydrogens (tertiary/aromatic N) is 1. The number of carbonyl (C=O) groups is 1. The molecule has 0 fully saturated rings. The van der Waals surface area contributed by atoms with Gasteiger partial charge in [0.05, 0.1) is 25.1 Å². The van der Waals surface area contributed by atoms with Crippen molar-refractivity contribution in [3.8, 4) is 5.75 Å². The fraction of sp³-hybridized carbons (Fsp3) is 0.350. The molecule has 2 aromatic rings. The van der Waals surface area contributed by atoms with E-state index in [4.69, 9.17) is 4.74 Å². The van der Waals surface area contributed by atoms with Gasteiger partial charge in [0, 0.05) is 13.0 Å². The van der Waals surface area contributed by atoms with Gasteiger partial charge in [0.15, 0.2) is 0 Å². The Balaban J connectivity index is 1.92. The van der Waals surface area contributed by atoms with Crippen LogP contribution in [0, 0.1) is 5.82 Å². The molecule has 1 atom stereocenters. The number of rotatable bonds is 9. The molecule has 0 saturated heterocycles. The van der Waals surface area contributed by atoms with Crippen LogP contribution in [0.25, 0.3) is 0 Å². The first-order valence-corrected chi connectivity index (χ1v) is 10.7. The van der Waals surface area contributed by atoms with Crippen molar-refractivity contribution in [1.82, 2.24) is 5.32 Å². The van der Waals surface area contributed by atoms with Gasteiger partial charge in [-0.3, -0.25) is 9.10 Å². The van der Waals surface area contributed by atoms with E-state index in [0.717, 1.165) is 11.8 Å². The highest BCUT2D eigenvalue weighted by molar-refractivity contribution is 7.92. The standard InChI is InChI=1S/C20H25FN2O4S/c1-15(16-6-8-17(21)9-7-16)22-20(24)5-4-14-23(28(3,25)26)18-10-12-19(27-2)13-11-18/h6-13,15H,4-5,14H2,1-3H3,(H,22,24)/t15-/m0/s1. The number of methoxy groups -OCH3 is 1. The molecule has 0 unspecified atom stereocenters. The molecule has 152 valence electrons. The highest BCUT2D eigenvalue weighted by Gasteiger charge is 2.18. The van der Waals surface area contributed by atoms with Crippen LogP contribution in [-0.2, 0) is 14.8 Å². The monoisotopic (exact) mass is 408 g/mol. The minimum absolute atomic E-state index is 0.174. The lowest BCUT2D eigenvalue weighted by molar-refractivity contribution is -0.121. The number of ether oxygens (including phenoxy) is 1. The Morgan fingerprint density at radius 1 is 1.14 bits per heavy atom. The third-order valence-corrected chi connectivity index (χ3v) is 5.47. The number of anilines is 1. The van der Waals surface area contributed by atoms with Crippen LogP contribution in [0.15, 0.2) is 48.5 Å². The van der Waals surface area contributed by atoms with E-state index in [1.807, 2.05) is 6.92 Å². The molecule has 0 aliphatic carbocycles. The lowest BCUT2D eigenvalue weighted by Crippen LogP contribution is -2.32. The van der Waals surface area contributed by atoms with E-state index in [9.17, 15) is 17.6 Å². The Labute approximate surface area is 165 Å². The van der Waals surface area contributed by atoms with E-state index in [1.165, 1.54) is 23.5 Å². The molecule has 2 rings (SSSR count). The normalized spacial score (nSPS) is 12.3. The number of amides is 1. The molecule has 1 amide bonds. The number of hydrogen-bond donors (Lipinski definition) is 1. The molecule has 0 heterocycles. The van der Waals surface area contributed by atoms with Crippen LogP contribution in [0.1, 0.15) is 31.4 Å². The summed E-state index contributed by atoms with van der Waals surface area (Å²) in [6, 6.07) is 12.4. The van der Waals surface area contributed by atoms with Crippen molar-refractivity contribution in [2.75, 3.05) is 24.2 Å². The van der Waals surface area contributed by atoms with Gasteiger partial charge in [-0.1, -0.05) is 12.1 Å². The maximum absolute atomic E-state index is 13.0. The van der Waals surface area contributed by atoms with Gasteiger partial charge in [-0.15, -0.1) is 0 Å². The minimum Gasteiger partial charge on any atom is -0.497 e. The predicted molar refractivity (Wildman–Crippen MR) is 107 cm³/mol. The second-order valence-corrected chi connectivity index (χ2v) is 8.38. The van der Waals surface area contributed by atoms with Gasteiger partial charge in [-0.05, 0) is 55.3 Å². The summed E-state index contributed by atoms with van der Waals surface area (Å²) in [5, 5.41) is 2.84. The summed E-state index contributed by atoms with van der Waals surface area (Å²) in [7, 11) is -1.94. The minimum atomic E-state index is -3.48. The number of hydrogen-bond acceptors (Lipinski definition) is 4. The van der Waals surface area contributed by atoms with E-state index in [1.54, 1.807) is 36.4 Å². The molecule has 0 radical (unpaired) electrons. The molecule has 6 nitrogen and oxygen atoms in total. The van der Waals surface area contributed by atoms with Crippen LogP contribution in [0.2, 0.25) is 0 Å². The van der Waals surface area contributed by atoms with Gasteiger partial charge in [0.1, 0.15) is 11.6 Å². The summed E-state index contributed by atoms with van der Waals surface area (Å²) in [6.45, 7) is 1.99. The first kappa shape index (κ1) is 21.7. The Morgan fingerprint density at radius 2 is 1.75 bits per heavy atom. The molecule has 0 aromatic heterocycles. The lowest BCUT2D eigenvalue weighted by Gasteiger charge is -2.22. The van der Waals surface area contributed by atoms with Gasteiger partial charge in [0.2, 0.25) is 15.9 Å². The number of carbonyl (C=O) groups excluding carboxylic acids is 1. The van der Waals surface area contributed by atoms with Crippen LogP contribution in [0.5, 0.6) is 5.75 Å². The molecule has 8 heteroatoms. The van der Waals surface area contributed by atoms with Crippen LogP contribution in [0.3, 0.4) is 0 Å². The Bertz CT molecular complexity index is 883. The summed E-state index contributed by atoms with van der Waals surface area (Å²) in [4.78, 5) is 12.2. The summed E-state index contributed by atoms with van der Waals surface area (Å²) in [6.07, 6.45) is 1.67. The van der Waals surface area contributed by atoms with Crippen LogP contribution in [-0.4, -0.2) is 34.2 Å². The van der Waals surface area contributed by atoms with Crippen molar-refractivity contribution in [3.63, 3.8) is 0 Å². The topological polar surface area (TPSA) is 75.7 Å². The van der Waals surface area contributed by atoms with Gasteiger partial charge in [-0.25, -0.2) is 12.8 Å². The second kappa shape index (κ2) is 9.54. The smallest absolute Gasteiger partial charge is 0.232 e. The average molecular weight is 408 g/mol. The van der Waals surface area contributed by atoms with Gasteiger partial charge < -0.3 is 10.1 Å². The molecule has 1 N–H and O–H groups in total. The van der Waals surface area contributed by atoms with E-state index >= 15 is 0 Å². The molecular weight excluding hydrogens is 383 g/mol. The van der Waals surface area contributed by atoms with Crippen LogP contribution < -0.4 is 14.4 Å². The largest absolute Gasteiger partial charge is 0.497 e. The van der Waals surface area contributed by atoms with Crippen LogP contribution >= 0.6 is 0 Å². The maximum Gasteiger partial charge on any atom is 0.232 e. The van der Waals surface area contributed by atoms with Gasteiger partial charge in [-0.2, -0.15) is 0 Å². The first-order chi connectivity index (χ1) is 13.2. The highest BCUT2D eigenvalue weighted by atomic mass is 32.2. The maximum atomic E-state index is 13.0. The summed E-state index contributed by atoms with van der Waals surface area (Å²) < 4.78 is 43.6. The van der Waals surface area contributed by atoms with Crippen molar-refractivity contribution in [3.05, 3.63) is 59.9 Å². The summed E-state index contributed by atoms with van der Waals surface area (Å²) in [5.41, 5.74) is 1.31. The summed E-state index contributed by atoms with van der Waals surface area (Å²) >= 11 is 0. The quantitative estimate of drug-likeness (QED) is 0.691. The van der Waals surface area contributed by atoms with Crippen molar-refractivity contribution in [1.29, 1.82) is 0 Å². The average Bonchev–Trinajstić information content (AvgIpc) is 2.65. The molecule has 0 bridgehead atoms. The number of halogens is 1. The number of sulfonamides is 1. The Hall–Kier alpha value is -2.61. The van der Waals surface area contributed by atoms with E-state index in [0.29, 0.717) is 17.9 Å². The Kier molecular flexibility index (Phi) is 7.39. The third-order valence-electron chi connectivity index (χ3n) is 4.27. The fourth-order valence-corrected chi connectivity index (χ4v) is 3.73. The molecule has 28 heavy (non-hydrogen) atoms. The molecule has 0 spiro atoms.